The Hall–Kier alpha value is -2.67. The minimum atomic E-state index is 0.161. The van der Waals surface area contributed by atoms with Crippen molar-refractivity contribution in [2.75, 3.05) is 17.2 Å². The molecule has 1 aliphatic rings. The molecular formula is C18H19N3O. The highest BCUT2D eigenvalue weighted by Crippen LogP contribution is 2.39. The molecule has 0 radical (unpaired) electrons. The van der Waals surface area contributed by atoms with Crippen LogP contribution in [0.5, 0.6) is 5.75 Å². The third kappa shape index (κ3) is 2.71. The van der Waals surface area contributed by atoms with Gasteiger partial charge in [-0.2, -0.15) is 5.26 Å². The maximum atomic E-state index is 9.05. The van der Waals surface area contributed by atoms with Crippen LogP contribution in [0.2, 0.25) is 0 Å². The average molecular weight is 293 g/mol. The van der Waals surface area contributed by atoms with E-state index in [1.165, 1.54) is 0 Å². The van der Waals surface area contributed by atoms with E-state index in [4.69, 9.17) is 15.7 Å². The molecule has 1 atom stereocenters. The number of nitriles is 1. The first kappa shape index (κ1) is 14.3. The van der Waals surface area contributed by atoms with Crippen LogP contribution in [0.1, 0.15) is 24.5 Å². The fraction of sp³-hybridized carbons (Fsp3) is 0.278. The Kier molecular flexibility index (Phi) is 3.88. The van der Waals surface area contributed by atoms with Crippen LogP contribution in [0, 0.1) is 11.3 Å². The van der Waals surface area contributed by atoms with Crippen molar-refractivity contribution in [2.45, 2.75) is 26.0 Å². The lowest BCUT2D eigenvalue weighted by Gasteiger charge is -2.37. The Labute approximate surface area is 130 Å². The Balaban J connectivity index is 1.94. The number of hydrogen-bond acceptors (Lipinski definition) is 4. The van der Waals surface area contributed by atoms with Crippen LogP contribution in [0.15, 0.2) is 42.5 Å². The number of para-hydroxylation sites is 1. The lowest BCUT2D eigenvalue weighted by Crippen LogP contribution is -2.39. The molecule has 0 spiro atoms. The summed E-state index contributed by atoms with van der Waals surface area (Å²) >= 11 is 0. The standard InChI is InChI=1S/C18H19N3O/c1-2-15-12-21(11-14-6-3-5-13(9-14)10-19)18-16(20)7-4-8-17(18)22-15/h3-9,15H,2,11-12,20H2,1H3. The molecule has 2 aromatic rings. The second-order valence-corrected chi connectivity index (χ2v) is 5.53. The molecule has 1 heterocycles. The van der Waals surface area contributed by atoms with E-state index in [0.29, 0.717) is 5.56 Å². The van der Waals surface area contributed by atoms with Crippen molar-refractivity contribution < 1.29 is 4.74 Å². The number of nitrogen functional groups attached to an aromatic ring is 1. The van der Waals surface area contributed by atoms with Crippen LogP contribution in [0.25, 0.3) is 0 Å². The van der Waals surface area contributed by atoms with Crippen molar-refractivity contribution in [1.29, 1.82) is 5.26 Å². The number of nitrogens with zero attached hydrogens (tertiary/aromatic N) is 2. The van der Waals surface area contributed by atoms with E-state index in [0.717, 1.165) is 42.2 Å². The van der Waals surface area contributed by atoms with Crippen molar-refractivity contribution in [3.05, 3.63) is 53.6 Å². The number of anilines is 2. The average Bonchev–Trinajstić information content (AvgIpc) is 2.54. The number of hydrogen-bond donors (Lipinski definition) is 1. The van der Waals surface area contributed by atoms with Crippen molar-refractivity contribution >= 4 is 11.4 Å². The van der Waals surface area contributed by atoms with Crippen molar-refractivity contribution in [2.24, 2.45) is 0 Å². The van der Waals surface area contributed by atoms with Gasteiger partial charge >= 0.3 is 0 Å². The van der Waals surface area contributed by atoms with E-state index in [1.807, 2.05) is 42.5 Å². The fourth-order valence-electron chi connectivity index (χ4n) is 2.84. The van der Waals surface area contributed by atoms with Crippen LogP contribution in [-0.4, -0.2) is 12.6 Å². The molecule has 0 aliphatic carbocycles. The Morgan fingerprint density at radius 3 is 2.91 bits per heavy atom. The van der Waals surface area contributed by atoms with E-state index >= 15 is 0 Å². The van der Waals surface area contributed by atoms with Crippen molar-refractivity contribution in [1.82, 2.24) is 0 Å². The highest BCUT2D eigenvalue weighted by molar-refractivity contribution is 5.75. The molecule has 1 unspecified atom stereocenters. The quantitative estimate of drug-likeness (QED) is 0.882. The van der Waals surface area contributed by atoms with Gasteiger partial charge in [0.05, 0.1) is 23.9 Å². The van der Waals surface area contributed by atoms with Crippen LogP contribution >= 0.6 is 0 Å². The van der Waals surface area contributed by atoms with Gasteiger partial charge in [-0.05, 0) is 36.2 Å². The van der Waals surface area contributed by atoms with Gasteiger partial charge in [0.15, 0.2) is 0 Å². The molecule has 0 saturated carbocycles. The van der Waals surface area contributed by atoms with Crippen LogP contribution < -0.4 is 15.4 Å². The zero-order valence-corrected chi connectivity index (χ0v) is 12.6. The molecule has 2 aromatic carbocycles. The summed E-state index contributed by atoms with van der Waals surface area (Å²) in [5.41, 5.74) is 9.61. The largest absolute Gasteiger partial charge is 0.486 e. The predicted molar refractivity (Wildman–Crippen MR) is 87.8 cm³/mol. The highest BCUT2D eigenvalue weighted by Gasteiger charge is 2.26. The predicted octanol–water partition coefficient (Wildman–Crippen LogP) is 3.32. The van der Waals surface area contributed by atoms with E-state index in [9.17, 15) is 0 Å². The molecular weight excluding hydrogens is 274 g/mol. The van der Waals surface area contributed by atoms with E-state index < -0.39 is 0 Å². The summed E-state index contributed by atoms with van der Waals surface area (Å²) in [6.45, 7) is 3.64. The molecule has 22 heavy (non-hydrogen) atoms. The molecule has 2 N–H and O–H groups in total. The van der Waals surface area contributed by atoms with Crippen molar-refractivity contribution in [3.63, 3.8) is 0 Å². The smallest absolute Gasteiger partial charge is 0.145 e. The number of benzene rings is 2. The number of fused-ring (bicyclic) bond motifs is 1. The van der Waals surface area contributed by atoms with E-state index in [2.05, 4.69) is 17.9 Å². The molecule has 0 aromatic heterocycles. The first-order valence-electron chi connectivity index (χ1n) is 7.50. The lowest BCUT2D eigenvalue weighted by atomic mass is 10.1. The topological polar surface area (TPSA) is 62.3 Å². The summed E-state index contributed by atoms with van der Waals surface area (Å²) in [6.07, 6.45) is 1.11. The third-order valence-corrected chi connectivity index (χ3v) is 3.95. The normalized spacial score (nSPS) is 16.5. The summed E-state index contributed by atoms with van der Waals surface area (Å²) in [7, 11) is 0. The fourth-order valence-corrected chi connectivity index (χ4v) is 2.84. The zero-order valence-electron chi connectivity index (χ0n) is 12.6. The first-order valence-corrected chi connectivity index (χ1v) is 7.50. The lowest BCUT2D eigenvalue weighted by molar-refractivity contribution is 0.189. The summed E-state index contributed by atoms with van der Waals surface area (Å²) in [5.74, 6) is 0.842. The maximum Gasteiger partial charge on any atom is 0.145 e. The monoisotopic (exact) mass is 293 g/mol. The van der Waals surface area contributed by atoms with Gasteiger partial charge in [0, 0.05) is 6.54 Å². The van der Waals surface area contributed by atoms with Crippen LogP contribution in [0.3, 0.4) is 0 Å². The summed E-state index contributed by atoms with van der Waals surface area (Å²) in [6, 6.07) is 15.7. The molecule has 1 aliphatic heterocycles. The Morgan fingerprint density at radius 2 is 2.14 bits per heavy atom. The SMILES string of the molecule is CCC1CN(Cc2cccc(C#N)c2)c2c(N)cccc2O1. The summed E-state index contributed by atoms with van der Waals surface area (Å²) in [5, 5.41) is 9.05. The minimum absolute atomic E-state index is 0.161. The van der Waals surface area contributed by atoms with Gasteiger partial charge in [-0.25, -0.2) is 0 Å². The van der Waals surface area contributed by atoms with Gasteiger partial charge in [0.1, 0.15) is 17.5 Å². The van der Waals surface area contributed by atoms with Gasteiger partial charge in [0.25, 0.3) is 0 Å². The van der Waals surface area contributed by atoms with Gasteiger partial charge in [-0.1, -0.05) is 25.1 Å². The van der Waals surface area contributed by atoms with Crippen molar-refractivity contribution in [3.8, 4) is 11.8 Å². The van der Waals surface area contributed by atoms with Gasteiger partial charge in [0.2, 0.25) is 0 Å². The zero-order chi connectivity index (χ0) is 15.5. The van der Waals surface area contributed by atoms with Gasteiger partial charge in [-0.3, -0.25) is 0 Å². The molecule has 4 nitrogen and oxygen atoms in total. The van der Waals surface area contributed by atoms with Gasteiger partial charge in [-0.15, -0.1) is 0 Å². The first-order chi connectivity index (χ1) is 10.7. The number of ether oxygens (including phenoxy) is 1. The molecule has 4 heteroatoms. The molecule has 0 amide bonds. The third-order valence-electron chi connectivity index (χ3n) is 3.95. The Bertz CT molecular complexity index is 721. The highest BCUT2D eigenvalue weighted by atomic mass is 16.5. The van der Waals surface area contributed by atoms with E-state index in [1.54, 1.807) is 0 Å². The molecule has 3 rings (SSSR count). The van der Waals surface area contributed by atoms with E-state index in [-0.39, 0.29) is 6.10 Å². The summed E-state index contributed by atoms with van der Waals surface area (Å²) in [4.78, 5) is 2.25. The molecule has 0 fully saturated rings. The van der Waals surface area contributed by atoms with Crippen LogP contribution in [-0.2, 0) is 6.54 Å². The molecule has 0 saturated heterocycles. The Morgan fingerprint density at radius 1 is 1.32 bits per heavy atom. The van der Waals surface area contributed by atoms with Gasteiger partial charge < -0.3 is 15.4 Å². The second-order valence-electron chi connectivity index (χ2n) is 5.53. The second kappa shape index (κ2) is 5.98. The molecule has 112 valence electrons. The minimum Gasteiger partial charge on any atom is -0.486 e. The number of rotatable bonds is 3. The summed E-state index contributed by atoms with van der Waals surface area (Å²) < 4.78 is 6.00. The van der Waals surface area contributed by atoms with Crippen LogP contribution in [0.4, 0.5) is 11.4 Å². The number of nitrogens with two attached hydrogens (primary N) is 1. The molecule has 0 bridgehead atoms. The maximum absolute atomic E-state index is 9.05.